The molecule has 0 aromatic heterocycles. The average molecular weight is 339 g/mol. The van der Waals surface area contributed by atoms with Crippen molar-refractivity contribution in [3.05, 3.63) is 28.2 Å². The lowest BCUT2D eigenvalue weighted by atomic mass is 9.85. The summed E-state index contributed by atoms with van der Waals surface area (Å²) in [5, 5.41) is 3.56. The van der Waals surface area contributed by atoms with Crippen LogP contribution in [0.25, 0.3) is 0 Å². The van der Waals surface area contributed by atoms with Crippen LogP contribution in [-0.4, -0.2) is 20.1 Å². The van der Waals surface area contributed by atoms with Crippen molar-refractivity contribution in [1.29, 1.82) is 0 Å². The fourth-order valence-corrected chi connectivity index (χ4v) is 3.13. The molecule has 1 fully saturated rings. The minimum atomic E-state index is 0.693. The largest absolute Gasteiger partial charge is 0.374 e. The van der Waals surface area contributed by atoms with Crippen LogP contribution in [0.1, 0.15) is 38.7 Å². The Morgan fingerprint density at radius 1 is 1.35 bits per heavy atom. The summed E-state index contributed by atoms with van der Waals surface area (Å²) in [6, 6.07) is 6.65. The minimum Gasteiger partial charge on any atom is -0.374 e. The zero-order chi connectivity index (χ0) is 14.5. The number of nitrogens with one attached hydrogen (secondary N) is 1. The molecular formula is C17H27BrN2. The summed E-state index contributed by atoms with van der Waals surface area (Å²) in [7, 11) is 2.23. The SMILES string of the molecule is CC(C)CNCc1cc(Br)ccc1N(C)CC1CCC1. The first kappa shape index (κ1) is 15.8. The lowest BCUT2D eigenvalue weighted by Crippen LogP contribution is -2.30. The van der Waals surface area contributed by atoms with Gasteiger partial charge in [0.05, 0.1) is 0 Å². The predicted molar refractivity (Wildman–Crippen MR) is 91.3 cm³/mol. The molecule has 1 aliphatic carbocycles. The van der Waals surface area contributed by atoms with E-state index in [-0.39, 0.29) is 0 Å². The summed E-state index contributed by atoms with van der Waals surface area (Å²) >= 11 is 3.60. The van der Waals surface area contributed by atoms with Crippen molar-refractivity contribution in [3.63, 3.8) is 0 Å². The molecule has 1 N–H and O–H groups in total. The summed E-state index contributed by atoms with van der Waals surface area (Å²) in [6.07, 6.45) is 4.23. The first-order valence-electron chi connectivity index (χ1n) is 7.76. The van der Waals surface area contributed by atoms with E-state index in [2.05, 4.69) is 65.2 Å². The van der Waals surface area contributed by atoms with Crippen LogP contribution >= 0.6 is 15.9 Å². The zero-order valence-corrected chi connectivity index (χ0v) is 14.5. The Kier molecular flexibility index (Phi) is 5.91. The van der Waals surface area contributed by atoms with E-state index in [0.717, 1.165) is 19.0 Å². The summed E-state index contributed by atoms with van der Waals surface area (Å²) < 4.78 is 1.17. The quantitative estimate of drug-likeness (QED) is 0.790. The molecule has 0 radical (unpaired) electrons. The first-order chi connectivity index (χ1) is 9.56. The van der Waals surface area contributed by atoms with Gasteiger partial charge in [0.25, 0.3) is 0 Å². The molecule has 112 valence electrons. The molecular weight excluding hydrogens is 312 g/mol. The predicted octanol–water partition coefficient (Wildman–Crippen LogP) is 4.43. The van der Waals surface area contributed by atoms with Gasteiger partial charge in [-0.15, -0.1) is 0 Å². The number of nitrogens with zero attached hydrogens (tertiary/aromatic N) is 1. The molecule has 1 aromatic rings. The van der Waals surface area contributed by atoms with E-state index in [1.54, 1.807) is 0 Å². The van der Waals surface area contributed by atoms with Crippen molar-refractivity contribution in [2.24, 2.45) is 11.8 Å². The van der Waals surface area contributed by atoms with Crippen LogP contribution in [0.4, 0.5) is 5.69 Å². The highest BCUT2D eigenvalue weighted by atomic mass is 79.9. The normalized spacial score (nSPS) is 15.4. The lowest BCUT2D eigenvalue weighted by Gasteiger charge is -2.32. The number of hydrogen-bond donors (Lipinski definition) is 1. The topological polar surface area (TPSA) is 15.3 Å². The second-order valence-corrected chi connectivity index (χ2v) is 7.39. The summed E-state index contributed by atoms with van der Waals surface area (Å²) in [4.78, 5) is 2.43. The van der Waals surface area contributed by atoms with E-state index in [9.17, 15) is 0 Å². The maximum atomic E-state index is 3.60. The number of benzene rings is 1. The molecule has 3 heteroatoms. The summed E-state index contributed by atoms with van der Waals surface area (Å²) in [5.41, 5.74) is 2.76. The van der Waals surface area contributed by atoms with Crippen LogP contribution in [0.2, 0.25) is 0 Å². The van der Waals surface area contributed by atoms with E-state index >= 15 is 0 Å². The smallest absolute Gasteiger partial charge is 0.0410 e. The Balaban J connectivity index is 2.01. The van der Waals surface area contributed by atoms with Gasteiger partial charge < -0.3 is 10.2 Å². The Morgan fingerprint density at radius 2 is 2.10 bits per heavy atom. The fraction of sp³-hybridized carbons (Fsp3) is 0.647. The molecule has 0 unspecified atom stereocenters. The maximum absolute atomic E-state index is 3.60. The molecule has 0 heterocycles. The van der Waals surface area contributed by atoms with Crippen molar-refractivity contribution >= 4 is 21.6 Å². The molecule has 20 heavy (non-hydrogen) atoms. The average Bonchev–Trinajstić information content (AvgIpc) is 2.33. The van der Waals surface area contributed by atoms with E-state index in [1.165, 1.54) is 41.5 Å². The zero-order valence-electron chi connectivity index (χ0n) is 13.0. The molecule has 2 rings (SSSR count). The Morgan fingerprint density at radius 3 is 2.70 bits per heavy atom. The Bertz CT molecular complexity index is 427. The van der Waals surface area contributed by atoms with E-state index in [4.69, 9.17) is 0 Å². The molecule has 2 nitrogen and oxygen atoms in total. The van der Waals surface area contributed by atoms with Crippen molar-refractivity contribution in [2.45, 2.75) is 39.7 Å². The number of anilines is 1. The molecule has 1 saturated carbocycles. The van der Waals surface area contributed by atoms with Gasteiger partial charge in [0.2, 0.25) is 0 Å². The van der Waals surface area contributed by atoms with Crippen LogP contribution in [0.3, 0.4) is 0 Å². The van der Waals surface area contributed by atoms with Gasteiger partial charge in [-0.1, -0.05) is 36.2 Å². The van der Waals surface area contributed by atoms with Gasteiger partial charge in [0, 0.05) is 30.3 Å². The van der Waals surface area contributed by atoms with Crippen LogP contribution in [0, 0.1) is 11.8 Å². The number of rotatable bonds is 7. The first-order valence-corrected chi connectivity index (χ1v) is 8.56. The van der Waals surface area contributed by atoms with Gasteiger partial charge in [-0.2, -0.15) is 0 Å². The van der Waals surface area contributed by atoms with Crippen LogP contribution in [0.15, 0.2) is 22.7 Å². The molecule has 1 aromatic carbocycles. The van der Waals surface area contributed by atoms with E-state index < -0.39 is 0 Å². The Labute approximate surface area is 132 Å². The summed E-state index contributed by atoms with van der Waals surface area (Å²) in [6.45, 7) is 7.70. The molecule has 0 amide bonds. The molecule has 0 atom stereocenters. The molecule has 0 aliphatic heterocycles. The van der Waals surface area contributed by atoms with Gasteiger partial charge in [0.1, 0.15) is 0 Å². The molecule has 1 aliphatic rings. The third kappa shape index (κ3) is 4.49. The van der Waals surface area contributed by atoms with Gasteiger partial charge in [-0.25, -0.2) is 0 Å². The second kappa shape index (κ2) is 7.46. The maximum Gasteiger partial charge on any atom is 0.0410 e. The van der Waals surface area contributed by atoms with E-state index in [1.807, 2.05) is 0 Å². The van der Waals surface area contributed by atoms with Crippen molar-refractivity contribution in [1.82, 2.24) is 5.32 Å². The molecule has 0 bridgehead atoms. The highest BCUT2D eigenvalue weighted by molar-refractivity contribution is 9.10. The van der Waals surface area contributed by atoms with Crippen molar-refractivity contribution in [3.8, 4) is 0 Å². The van der Waals surface area contributed by atoms with Gasteiger partial charge in [0.15, 0.2) is 0 Å². The van der Waals surface area contributed by atoms with Gasteiger partial charge in [-0.3, -0.25) is 0 Å². The third-order valence-electron chi connectivity index (χ3n) is 4.08. The van der Waals surface area contributed by atoms with Gasteiger partial charge in [-0.05, 0) is 55.0 Å². The fourth-order valence-electron chi connectivity index (χ4n) is 2.72. The number of halogens is 1. The highest BCUT2D eigenvalue weighted by Gasteiger charge is 2.20. The lowest BCUT2D eigenvalue weighted by molar-refractivity contribution is 0.321. The van der Waals surface area contributed by atoms with E-state index in [0.29, 0.717) is 5.92 Å². The Hall–Kier alpha value is -0.540. The number of hydrogen-bond acceptors (Lipinski definition) is 2. The minimum absolute atomic E-state index is 0.693. The van der Waals surface area contributed by atoms with Gasteiger partial charge >= 0.3 is 0 Å². The monoisotopic (exact) mass is 338 g/mol. The van der Waals surface area contributed by atoms with Crippen molar-refractivity contribution in [2.75, 3.05) is 25.0 Å². The van der Waals surface area contributed by atoms with Crippen LogP contribution in [-0.2, 0) is 6.54 Å². The highest BCUT2D eigenvalue weighted by Crippen LogP contribution is 2.30. The third-order valence-corrected chi connectivity index (χ3v) is 4.57. The van der Waals surface area contributed by atoms with Crippen LogP contribution < -0.4 is 10.2 Å². The van der Waals surface area contributed by atoms with Crippen molar-refractivity contribution < 1.29 is 0 Å². The van der Waals surface area contributed by atoms with Crippen LogP contribution in [0.5, 0.6) is 0 Å². The molecule has 0 spiro atoms. The second-order valence-electron chi connectivity index (χ2n) is 6.48. The molecule has 0 saturated heterocycles. The summed E-state index contributed by atoms with van der Waals surface area (Å²) in [5.74, 6) is 1.60. The standard InChI is InChI=1S/C17H27BrN2/c1-13(2)10-19-11-15-9-16(18)7-8-17(15)20(3)12-14-5-4-6-14/h7-9,13-14,19H,4-6,10-12H2,1-3H3.